The molecule has 0 spiro atoms. The van der Waals surface area contributed by atoms with Crippen molar-refractivity contribution in [1.82, 2.24) is 0 Å². The molecule has 0 fully saturated rings. The van der Waals surface area contributed by atoms with Gasteiger partial charge in [-0.2, -0.15) is 0 Å². The maximum absolute atomic E-state index is 13.3. The maximum Gasteiger partial charge on any atom is 0.165 e. The SMILES string of the molecule is OC(CNc1ccc(F)cc1F)COc1ccccc1F. The van der Waals surface area contributed by atoms with E-state index in [1.54, 1.807) is 6.07 Å². The zero-order valence-electron chi connectivity index (χ0n) is 11.0. The van der Waals surface area contributed by atoms with Crippen LogP contribution in [-0.2, 0) is 0 Å². The van der Waals surface area contributed by atoms with Crippen LogP contribution < -0.4 is 10.1 Å². The van der Waals surface area contributed by atoms with Crippen molar-refractivity contribution in [3.8, 4) is 5.75 Å². The third kappa shape index (κ3) is 4.39. The molecule has 6 heteroatoms. The largest absolute Gasteiger partial charge is 0.488 e. The van der Waals surface area contributed by atoms with Crippen molar-refractivity contribution >= 4 is 5.69 Å². The number of ether oxygens (including phenoxy) is 1. The van der Waals surface area contributed by atoms with Crippen LogP contribution in [0.25, 0.3) is 0 Å². The van der Waals surface area contributed by atoms with Crippen LogP contribution in [0, 0.1) is 17.5 Å². The molecule has 0 aromatic heterocycles. The van der Waals surface area contributed by atoms with Gasteiger partial charge in [0.2, 0.25) is 0 Å². The summed E-state index contributed by atoms with van der Waals surface area (Å²) >= 11 is 0. The van der Waals surface area contributed by atoms with Crippen LogP contribution >= 0.6 is 0 Å². The smallest absolute Gasteiger partial charge is 0.165 e. The van der Waals surface area contributed by atoms with Crippen molar-refractivity contribution in [2.75, 3.05) is 18.5 Å². The Morgan fingerprint density at radius 2 is 1.81 bits per heavy atom. The Balaban J connectivity index is 1.82. The number of hydrogen-bond acceptors (Lipinski definition) is 3. The van der Waals surface area contributed by atoms with Gasteiger partial charge >= 0.3 is 0 Å². The summed E-state index contributed by atoms with van der Waals surface area (Å²) in [6, 6.07) is 8.89. The van der Waals surface area contributed by atoms with Crippen molar-refractivity contribution in [3.63, 3.8) is 0 Å². The summed E-state index contributed by atoms with van der Waals surface area (Å²) in [6.07, 6.45) is -0.978. The fourth-order valence-corrected chi connectivity index (χ4v) is 1.67. The number of aliphatic hydroxyl groups excluding tert-OH is 1. The van der Waals surface area contributed by atoms with E-state index in [-0.39, 0.29) is 24.6 Å². The van der Waals surface area contributed by atoms with E-state index in [4.69, 9.17) is 4.74 Å². The highest BCUT2D eigenvalue weighted by atomic mass is 19.1. The Labute approximate surface area is 120 Å². The van der Waals surface area contributed by atoms with Gasteiger partial charge in [0, 0.05) is 12.6 Å². The average molecular weight is 297 g/mol. The molecule has 112 valence electrons. The summed E-state index contributed by atoms with van der Waals surface area (Å²) in [5, 5.41) is 12.3. The molecule has 0 aliphatic carbocycles. The van der Waals surface area contributed by atoms with E-state index in [1.807, 2.05) is 0 Å². The number of para-hydroxylation sites is 1. The molecular weight excluding hydrogens is 283 g/mol. The van der Waals surface area contributed by atoms with Gasteiger partial charge in [-0.3, -0.25) is 0 Å². The second-order valence-corrected chi connectivity index (χ2v) is 4.40. The first-order valence-corrected chi connectivity index (χ1v) is 6.30. The van der Waals surface area contributed by atoms with Gasteiger partial charge < -0.3 is 15.2 Å². The number of nitrogens with one attached hydrogen (secondary N) is 1. The average Bonchev–Trinajstić information content (AvgIpc) is 2.45. The molecule has 0 saturated carbocycles. The maximum atomic E-state index is 13.3. The lowest BCUT2D eigenvalue weighted by Gasteiger charge is -2.14. The van der Waals surface area contributed by atoms with Gasteiger partial charge in [-0.15, -0.1) is 0 Å². The van der Waals surface area contributed by atoms with Crippen LogP contribution in [0.5, 0.6) is 5.75 Å². The molecule has 2 aromatic carbocycles. The minimum atomic E-state index is -0.978. The molecule has 2 aromatic rings. The Hall–Kier alpha value is -2.21. The lowest BCUT2D eigenvalue weighted by molar-refractivity contribution is 0.115. The molecule has 0 bridgehead atoms. The normalized spacial score (nSPS) is 12.0. The fraction of sp³-hybridized carbons (Fsp3) is 0.200. The van der Waals surface area contributed by atoms with E-state index in [2.05, 4.69) is 5.32 Å². The van der Waals surface area contributed by atoms with E-state index < -0.39 is 23.6 Å². The molecule has 0 radical (unpaired) electrons. The summed E-state index contributed by atoms with van der Waals surface area (Å²) in [7, 11) is 0. The van der Waals surface area contributed by atoms with E-state index in [1.165, 1.54) is 24.3 Å². The van der Waals surface area contributed by atoms with E-state index in [0.717, 1.165) is 12.1 Å². The van der Waals surface area contributed by atoms with Crippen molar-refractivity contribution in [1.29, 1.82) is 0 Å². The van der Waals surface area contributed by atoms with Crippen LogP contribution in [0.2, 0.25) is 0 Å². The molecule has 0 saturated heterocycles. The molecule has 3 nitrogen and oxygen atoms in total. The van der Waals surface area contributed by atoms with E-state index in [0.29, 0.717) is 0 Å². The molecule has 0 amide bonds. The van der Waals surface area contributed by atoms with Crippen LogP contribution in [0.15, 0.2) is 42.5 Å². The fourth-order valence-electron chi connectivity index (χ4n) is 1.67. The van der Waals surface area contributed by atoms with Gasteiger partial charge in [-0.05, 0) is 24.3 Å². The zero-order chi connectivity index (χ0) is 15.2. The predicted octanol–water partition coefficient (Wildman–Crippen LogP) is 2.96. The van der Waals surface area contributed by atoms with Gasteiger partial charge in [0.25, 0.3) is 0 Å². The van der Waals surface area contributed by atoms with Crippen LogP contribution in [0.1, 0.15) is 0 Å². The third-order valence-electron chi connectivity index (χ3n) is 2.73. The number of rotatable bonds is 6. The first-order chi connectivity index (χ1) is 10.1. The molecule has 2 rings (SSSR count). The Bertz CT molecular complexity index is 607. The number of hydrogen-bond donors (Lipinski definition) is 2. The standard InChI is InChI=1S/C15H14F3NO2/c16-10-5-6-14(13(18)7-10)19-8-11(20)9-21-15-4-2-1-3-12(15)17/h1-7,11,19-20H,8-9H2. The monoisotopic (exact) mass is 297 g/mol. The highest BCUT2D eigenvalue weighted by Crippen LogP contribution is 2.16. The minimum Gasteiger partial charge on any atom is -0.488 e. The molecule has 0 heterocycles. The third-order valence-corrected chi connectivity index (χ3v) is 2.73. The second-order valence-electron chi connectivity index (χ2n) is 4.40. The van der Waals surface area contributed by atoms with Crippen molar-refractivity contribution in [3.05, 3.63) is 59.9 Å². The topological polar surface area (TPSA) is 41.5 Å². The van der Waals surface area contributed by atoms with Gasteiger partial charge in [0.15, 0.2) is 11.6 Å². The lowest BCUT2D eigenvalue weighted by atomic mass is 10.2. The van der Waals surface area contributed by atoms with E-state index in [9.17, 15) is 18.3 Å². The number of benzene rings is 2. The summed E-state index contributed by atoms with van der Waals surface area (Å²) in [5.41, 5.74) is 0.0707. The van der Waals surface area contributed by atoms with Crippen LogP contribution in [0.4, 0.5) is 18.9 Å². The minimum absolute atomic E-state index is 0.0169. The van der Waals surface area contributed by atoms with Gasteiger partial charge in [-0.1, -0.05) is 12.1 Å². The molecule has 1 atom stereocenters. The summed E-state index contributed by atoms with van der Waals surface area (Å²) in [4.78, 5) is 0. The molecule has 1 unspecified atom stereocenters. The zero-order valence-corrected chi connectivity index (χ0v) is 11.0. The van der Waals surface area contributed by atoms with Crippen molar-refractivity contribution in [2.45, 2.75) is 6.10 Å². The predicted molar refractivity (Wildman–Crippen MR) is 72.7 cm³/mol. The van der Waals surface area contributed by atoms with Crippen molar-refractivity contribution in [2.24, 2.45) is 0 Å². The Kier molecular flexibility index (Phi) is 5.05. The van der Waals surface area contributed by atoms with Crippen LogP contribution in [-0.4, -0.2) is 24.4 Å². The molecular formula is C15H14F3NO2. The molecule has 0 aliphatic heterocycles. The summed E-state index contributed by atoms with van der Waals surface area (Å²) < 4.78 is 44.5. The van der Waals surface area contributed by atoms with Gasteiger partial charge in [0.05, 0.1) is 5.69 Å². The second kappa shape index (κ2) is 6.99. The van der Waals surface area contributed by atoms with Crippen molar-refractivity contribution < 1.29 is 23.0 Å². The quantitative estimate of drug-likeness (QED) is 0.861. The Morgan fingerprint density at radius 3 is 2.52 bits per heavy atom. The first kappa shape index (κ1) is 15.2. The number of aliphatic hydroxyl groups is 1. The Morgan fingerprint density at radius 1 is 1.05 bits per heavy atom. The van der Waals surface area contributed by atoms with Gasteiger partial charge in [0.1, 0.15) is 24.3 Å². The van der Waals surface area contributed by atoms with Gasteiger partial charge in [-0.25, -0.2) is 13.2 Å². The lowest BCUT2D eigenvalue weighted by Crippen LogP contribution is -2.26. The molecule has 0 aliphatic rings. The van der Waals surface area contributed by atoms with Crippen LogP contribution in [0.3, 0.4) is 0 Å². The first-order valence-electron chi connectivity index (χ1n) is 6.30. The van der Waals surface area contributed by atoms with E-state index >= 15 is 0 Å². The number of anilines is 1. The summed E-state index contributed by atoms with van der Waals surface area (Å²) in [6.45, 7) is -0.173. The number of halogens is 3. The highest BCUT2D eigenvalue weighted by molar-refractivity contribution is 5.44. The highest BCUT2D eigenvalue weighted by Gasteiger charge is 2.09. The molecule has 2 N–H and O–H groups in total. The summed E-state index contributed by atoms with van der Waals surface area (Å²) in [5.74, 6) is -1.93. The molecule has 21 heavy (non-hydrogen) atoms.